The molecule has 0 saturated carbocycles. The minimum absolute atomic E-state index is 0.0142. The van der Waals surface area contributed by atoms with E-state index in [2.05, 4.69) is 20.3 Å². The highest BCUT2D eigenvalue weighted by atomic mass is 16.5. The average Bonchev–Trinajstić information content (AvgIpc) is 3.45. The summed E-state index contributed by atoms with van der Waals surface area (Å²) in [5.74, 6) is 0.951. The number of likely N-dealkylation sites (tertiary alicyclic amines) is 1. The number of hydrogen-bond donors (Lipinski definition) is 1. The fourth-order valence-electron chi connectivity index (χ4n) is 3.81. The molecular formula is C21H19N5O2. The number of aromatic nitrogens is 4. The van der Waals surface area contributed by atoms with Crippen LogP contribution in [0.3, 0.4) is 0 Å². The van der Waals surface area contributed by atoms with E-state index in [0.29, 0.717) is 30.4 Å². The third-order valence-corrected chi connectivity index (χ3v) is 5.39. The third kappa shape index (κ3) is 2.76. The number of benzene rings is 2. The van der Waals surface area contributed by atoms with Crippen LogP contribution in [-0.2, 0) is 4.79 Å². The van der Waals surface area contributed by atoms with Gasteiger partial charge >= 0.3 is 0 Å². The Labute approximate surface area is 161 Å². The second-order valence-corrected chi connectivity index (χ2v) is 7.11. The fourth-order valence-corrected chi connectivity index (χ4v) is 3.81. The molecule has 3 heterocycles. The molecule has 2 aromatic carbocycles. The van der Waals surface area contributed by atoms with Gasteiger partial charge < -0.3 is 9.42 Å². The number of amides is 1. The SMILES string of the molecule is CC(c1ccccc1)N1CC(c2noc(-c3n[nH]c4ccccc34)n2)CC1=O. The van der Waals surface area contributed by atoms with Gasteiger partial charge in [0.2, 0.25) is 5.91 Å². The van der Waals surface area contributed by atoms with Gasteiger partial charge in [0.1, 0.15) is 0 Å². The largest absolute Gasteiger partial charge is 0.335 e. The van der Waals surface area contributed by atoms with Gasteiger partial charge in [-0.05, 0) is 18.6 Å². The van der Waals surface area contributed by atoms with Gasteiger partial charge in [-0.15, -0.1) is 0 Å². The summed E-state index contributed by atoms with van der Waals surface area (Å²) in [5, 5.41) is 12.4. The first kappa shape index (κ1) is 16.7. The van der Waals surface area contributed by atoms with E-state index in [1.807, 2.05) is 66.4 Å². The number of rotatable bonds is 4. The van der Waals surface area contributed by atoms with Gasteiger partial charge in [-0.1, -0.05) is 53.7 Å². The Morgan fingerprint density at radius 2 is 1.93 bits per heavy atom. The summed E-state index contributed by atoms with van der Waals surface area (Å²) in [6.07, 6.45) is 0.386. The highest BCUT2D eigenvalue weighted by molar-refractivity contribution is 5.90. The Morgan fingerprint density at radius 3 is 2.79 bits per heavy atom. The molecule has 1 amide bonds. The first-order valence-electron chi connectivity index (χ1n) is 9.32. The molecule has 7 heteroatoms. The summed E-state index contributed by atoms with van der Waals surface area (Å²) in [4.78, 5) is 19.0. The van der Waals surface area contributed by atoms with Gasteiger partial charge in [-0.2, -0.15) is 10.1 Å². The van der Waals surface area contributed by atoms with Crippen molar-refractivity contribution in [3.05, 3.63) is 66.0 Å². The zero-order valence-electron chi connectivity index (χ0n) is 15.4. The van der Waals surface area contributed by atoms with Crippen molar-refractivity contribution >= 4 is 16.8 Å². The van der Waals surface area contributed by atoms with Gasteiger partial charge in [0.25, 0.3) is 5.89 Å². The normalized spacial score (nSPS) is 18.1. The van der Waals surface area contributed by atoms with E-state index in [1.54, 1.807) is 0 Å². The zero-order chi connectivity index (χ0) is 19.1. The number of H-pyrrole nitrogens is 1. The van der Waals surface area contributed by atoms with Gasteiger partial charge in [-0.3, -0.25) is 9.89 Å². The quantitative estimate of drug-likeness (QED) is 0.589. The molecule has 140 valence electrons. The molecule has 2 unspecified atom stereocenters. The van der Waals surface area contributed by atoms with E-state index in [4.69, 9.17) is 4.52 Å². The summed E-state index contributed by atoms with van der Waals surface area (Å²) in [6.45, 7) is 2.63. The monoisotopic (exact) mass is 373 g/mol. The fraction of sp³-hybridized carbons (Fsp3) is 0.238. The standard InChI is InChI=1S/C21H19N5O2/c1-13(14-7-3-2-4-8-14)26-12-15(11-18(26)27)20-22-21(28-25-20)19-16-9-5-6-10-17(16)23-24-19/h2-10,13,15H,11-12H2,1H3,(H,23,24). The Bertz CT molecular complexity index is 1130. The van der Waals surface area contributed by atoms with Crippen LogP contribution in [0, 0.1) is 0 Å². The van der Waals surface area contributed by atoms with Crippen LogP contribution >= 0.6 is 0 Å². The molecule has 2 atom stereocenters. The molecule has 1 saturated heterocycles. The van der Waals surface area contributed by atoms with Gasteiger partial charge in [0.15, 0.2) is 11.5 Å². The zero-order valence-corrected chi connectivity index (χ0v) is 15.4. The van der Waals surface area contributed by atoms with Crippen LogP contribution in [0.5, 0.6) is 0 Å². The predicted octanol–water partition coefficient (Wildman–Crippen LogP) is 3.69. The summed E-state index contributed by atoms with van der Waals surface area (Å²) in [5.41, 5.74) is 2.66. The maximum absolute atomic E-state index is 12.6. The van der Waals surface area contributed by atoms with E-state index in [1.165, 1.54) is 0 Å². The van der Waals surface area contributed by atoms with Gasteiger partial charge in [0.05, 0.1) is 11.6 Å². The van der Waals surface area contributed by atoms with E-state index in [-0.39, 0.29) is 17.9 Å². The number of carbonyl (C=O) groups is 1. The van der Waals surface area contributed by atoms with E-state index >= 15 is 0 Å². The second kappa shape index (κ2) is 6.60. The van der Waals surface area contributed by atoms with Crippen LogP contribution in [0.4, 0.5) is 0 Å². The molecule has 0 spiro atoms. The van der Waals surface area contributed by atoms with Crippen LogP contribution in [0.25, 0.3) is 22.5 Å². The highest BCUT2D eigenvalue weighted by Gasteiger charge is 2.36. The Balaban J connectivity index is 1.39. The van der Waals surface area contributed by atoms with E-state index < -0.39 is 0 Å². The number of para-hydroxylation sites is 1. The van der Waals surface area contributed by atoms with Crippen molar-refractivity contribution in [3.8, 4) is 11.6 Å². The number of nitrogens with one attached hydrogen (secondary N) is 1. The molecule has 1 N–H and O–H groups in total. The lowest BCUT2D eigenvalue weighted by Crippen LogP contribution is -2.28. The van der Waals surface area contributed by atoms with Crippen molar-refractivity contribution in [1.82, 2.24) is 25.2 Å². The number of carbonyl (C=O) groups excluding carboxylic acids is 1. The molecule has 28 heavy (non-hydrogen) atoms. The summed E-state index contributed by atoms with van der Waals surface area (Å²) >= 11 is 0. The first-order valence-corrected chi connectivity index (χ1v) is 9.32. The molecule has 5 rings (SSSR count). The minimum Gasteiger partial charge on any atom is -0.335 e. The summed E-state index contributed by atoms with van der Waals surface area (Å²) in [6, 6.07) is 17.8. The van der Waals surface area contributed by atoms with Crippen molar-refractivity contribution in [2.24, 2.45) is 0 Å². The lowest BCUT2D eigenvalue weighted by Gasteiger charge is -2.25. The smallest absolute Gasteiger partial charge is 0.279 e. The molecule has 7 nitrogen and oxygen atoms in total. The molecule has 0 aliphatic carbocycles. The van der Waals surface area contributed by atoms with Crippen LogP contribution in [0.15, 0.2) is 59.1 Å². The molecule has 1 aliphatic rings. The molecule has 0 radical (unpaired) electrons. The Hall–Kier alpha value is -3.48. The number of nitrogens with zero attached hydrogens (tertiary/aromatic N) is 4. The molecule has 4 aromatic rings. The van der Waals surface area contributed by atoms with Crippen LogP contribution in [0.2, 0.25) is 0 Å². The maximum atomic E-state index is 12.6. The van der Waals surface area contributed by atoms with Gasteiger partial charge in [-0.25, -0.2) is 0 Å². The van der Waals surface area contributed by atoms with E-state index in [9.17, 15) is 4.79 Å². The summed E-state index contributed by atoms with van der Waals surface area (Å²) in [7, 11) is 0. The van der Waals surface area contributed by atoms with Crippen molar-refractivity contribution in [2.45, 2.75) is 25.3 Å². The predicted molar refractivity (Wildman–Crippen MR) is 103 cm³/mol. The van der Waals surface area contributed by atoms with Crippen molar-refractivity contribution < 1.29 is 9.32 Å². The van der Waals surface area contributed by atoms with Crippen molar-refractivity contribution in [3.63, 3.8) is 0 Å². The molecule has 0 bridgehead atoms. The molecule has 1 aliphatic heterocycles. The lowest BCUT2D eigenvalue weighted by molar-refractivity contribution is -0.129. The average molecular weight is 373 g/mol. The Morgan fingerprint density at radius 1 is 1.14 bits per heavy atom. The van der Waals surface area contributed by atoms with Crippen molar-refractivity contribution in [1.29, 1.82) is 0 Å². The minimum atomic E-state index is -0.0821. The molecule has 2 aromatic heterocycles. The van der Waals surface area contributed by atoms with Crippen LogP contribution < -0.4 is 0 Å². The first-order chi connectivity index (χ1) is 13.7. The van der Waals surface area contributed by atoms with Crippen LogP contribution in [-0.4, -0.2) is 37.7 Å². The number of aromatic amines is 1. The Kier molecular flexibility index (Phi) is 3.93. The molecular weight excluding hydrogens is 354 g/mol. The number of hydrogen-bond acceptors (Lipinski definition) is 5. The highest BCUT2D eigenvalue weighted by Crippen LogP contribution is 2.34. The van der Waals surface area contributed by atoms with Gasteiger partial charge in [0, 0.05) is 24.3 Å². The lowest BCUT2D eigenvalue weighted by atomic mass is 10.1. The summed E-state index contributed by atoms with van der Waals surface area (Å²) < 4.78 is 5.47. The molecule has 1 fully saturated rings. The van der Waals surface area contributed by atoms with Crippen molar-refractivity contribution in [2.75, 3.05) is 6.54 Å². The maximum Gasteiger partial charge on any atom is 0.279 e. The van der Waals surface area contributed by atoms with Crippen LogP contribution in [0.1, 0.15) is 36.7 Å². The third-order valence-electron chi connectivity index (χ3n) is 5.39. The second-order valence-electron chi connectivity index (χ2n) is 7.11. The number of fused-ring (bicyclic) bond motifs is 1. The van der Waals surface area contributed by atoms with E-state index in [0.717, 1.165) is 16.5 Å². The topological polar surface area (TPSA) is 87.9 Å².